The Kier molecular flexibility index (Phi) is 2.91. The molecule has 3 rings (SSSR count). The van der Waals surface area contributed by atoms with E-state index >= 15 is 0 Å². The highest BCUT2D eigenvalue weighted by Crippen LogP contribution is 2.17. The average molecular weight is 252 g/mol. The summed E-state index contributed by atoms with van der Waals surface area (Å²) in [6, 6.07) is 14.5. The summed E-state index contributed by atoms with van der Waals surface area (Å²) in [5, 5.41) is 7.76. The van der Waals surface area contributed by atoms with Gasteiger partial charge in [0.25, 0.3) is 0 Å². The summed E-state index contributed by atoms with van der Waals surface area (Å²) in [6.07, 6.45) is 1.97. The molecule has 2 heterocycles. The molecule has 96 valence electrons. The van der Waals surface area contributed by atoms with Gasteiger partial charge in [0, 0.05) is 6.20 Å². The fourth-order valence-electron chi connectivity index (χ4n) is 2.07. The molecule has 0 aliphatic rings. The van der Waals surface area contributed by atoms with E-state index in [-0.39, 0.29) is 6.04 Å². The van der Waals surface area contributed by atoms with Crippen molar-refractivity contribution in [3.8, 4) is 0 Å². The van der Waals surface area contributed by atoms with Crippen LogP contribution >= 0.6 is 0 Å². The number of rotatable bonds is 3. The second kappa shape index (κ2) is 4.72. The minimum atomic E-state index is 0.180. The minimum Gasteiger partial charge on any atom is -0.346 e. The number of pyridine rings is 1. The van der Waals surface area contributed by atoms with Crippen LogP contribution in [0.15, 0.2) is 48.7 Å². The van der Waals surface area contributed by atoms with Crippen LogP contribution in [0, 0.1) is 6.92 Å². The van der Waals surface area contributed by atoms with E-state index in [2.05, 4.69) is 34.5 Å². The zero-order valence-electron chi connectivity index (χ0n) is 11.0. The number of hydrogen-bond donors (Lipinski definition) is 1. The standard InChI is InChI=1S/C15H16N4/c1-11-8-9-14-17-15(18-19(14)10-11)16-12(2)13-6-4-3-5-7-13/h3-10,12H,1-2H3,(H,16,18). The normalized spacial score (nSPS) is 12.5. The van der Waals surface area contributed by atoms with Crippen LogP contribution < -0.4 is 5.32 Å². The van der Waals surface area contributed by atoms with Gasteiger partial charge in [-0.25, -0.2) is 4.52 Å². The van der Waals surface area contributed by atoms with Crippen LogP contribution in [-0.4, -0.2) is 14.6 Å². The van der Waals surface area contributed by atoms with Crippen LogP contribution in [-0.2, 0) is 0 Å². The van der Waals surface area contributed by atoms with E-state index in [1.807, 2.05) is 43.5 Å². The molecule has 0 saturated carbocycles. The van der Waals surface area contributed by atoms with Crippen LogP contribution in [0.3, 0.4) is 0 Å². The van der Waals surface area contributed by atoms with Crippen LogP contribution in [0.25, 0.3) is 5.65 Å². The topological polar surface area (TPSA) is 42.2 Å². The first-order valence-corrected chi connectivity index (χ1v) is 6.37. The first-order valence-electron chi connectivity index (χ1n) is 6.37. The van der Waals surface area contributed by atoms with Crippen LogP contribution in [0.4, 0.5) is 5.95 Å². The van der Waals surface area contributed by atoms with Gasteiger partial charge in [-0.3, -0.25) is 0 Å². The number of aromatic nitrogens is 3. The third kappa shape index (κ3) is 2.42. The maximum absolute atomic E-state index is 4.46. The number of nitrogens with zero attached hydrogens (tertiary/aromatic N) is 3. The van der Waals surface area contributed by atoms with Crippen molar-refractivity contribution in [1.82, 2.24) is 14.6 Å². The van der Waals surface area contributed by atoms with E-state index in [9.17, 15) is 0 Å². The van der Waals surface area contributed by atoms with Crippen molar-refractivity contribution in [2.45, 2.75) is 19.9 Å². The van der Waals surface area contributed by atoms with Gasteiger partial charge in [0.15, 0.2) is 5.65 Å². The lowest BCUT2D eigenvalue weighted by atomic mass is 10.1. The number of benzene rings is 1. The average Bonchev–Trinajstić information content (AvgIpc) is 2.81. The van der Waals surface area contributed by atoms with Crippen molar-refractivity contribution in [2.24, 2.45) is 0 Å². The Bertz CT molecular complexity index is 688. The van der Waals surface area contributed by atoms with Crippen LogP contribution in [0.2, 0.25) is 0 Å². The van der Waals surface area contributed by atoms with Gasteiger partial charge in [0.2, 0.25) is 5.95 Å². The third-order valence-electron chi connectivity index (χ3n) is 3.12. The van der Waals surface area contributed by atoms with Crippen molar-refractivity contribution < 1.29 is 0 Å². The Morgan fingerprint density at radius 1 is 1.11 bits per heavy atom. The largest absolute Gasteiger partial charge is 0.346 e. The van der Waals surface area contributed by atoms with Gasteiger partial charge in [0.1, 0.15) is 0 Å². The predicted molar refractivity (Wildman–Crippen MR) is 76.2 cm³/mol. The summed E-state index contributed by atoms with van der Waals surface area (Å²) in [4.78, 5) is 4.46. The van der Waals surface area contributed by atoms with E-state index in [1.54, 1.807) is 4.52 Å². The van der Waals surface area contributed by atoms with Gasteiger partial charge in [-0.05, 0) is 31.0 Å². The third-order valence-corrected chi connectivity index (χ3v) is 3.12. The maximum Gasteiger partial charge on any atom is 0.243 e. The molecule has 0 amide bonds. The number of fused-ring (bicyclic) bond motifs is 1. The van der Waals surface area contributed by atoms with E-state index in [1.165, 1.54) is 11.1 Å². The molecule has 0 fully saturated rings. The molecule has 1 aromatic carbocycles. The van der Waals surface area contributed by atoms with Gasteiger partial charge >= 0.3 is 0 Å². The lowest BCUT2D eigenvalue weighted by Crippen LogP contribution is -2.07. The van der Waals surface area contributed by atoms with Gasteiger partial charge in [-0.15, -0.1) is 5.10 Å². The number of anilines is 1. The Hall–Kier alpha value is -2.36. The summed E-state index contributed by atoms with van der Waals surface area (Å²) < 4.78 is 1.80. The van der Waals surface area contributed by atoms with Crippen molar-refractivity contribution >= 4 is 11.6 Å². The van der Waals surface area contributed by atoms with Gasteiger partial charge in [-0.2, -0.15) is 4.98 Å². The molecule has 0 aliphatic carbocycles. The number of nitrogens with one attached hydrogen (secondary N) is 1. The fourth-order valence-corrected chi connectivity index (χ4v) is 2.07. The minimum absolute atomic E-state index is 0.180. The molecule has 0 radical (unpaired) electrons. The van der Waals surface area contributed by atoms with Crippen molar-refractivity contribution in [3.05, 3.63) is 59.8 Å². The van der Waals surface area contributed by atoms with E-state index < -0.39 is 0 Å². The highest BCUT2D eigenvalue weighted by molar-refractivity contribution is 5.45. The molecule has 0 spiro atoms. The van der Waals surface area contributed by atoms with E-state index in [0.717, 1.165) is 5.65 Å². The lowest BCUT2D eigenvalue weighted by molar-refractivity contribution is 0.852. The summed E-state index contributed by atoms with van der Waals surface area (Å²) in [5.74, 6) is 0.655. The predicted octanol–water partition coefficient (Wildman–Crippen LogP) is 3.21. The molecule has 0 bridgehead atoms. The highest BCUT2D eigenvalue weighted by Gasteiger charge is 2.08. The van der Waals surface area contributed by atoms with Crippen LogP contribution in [0.1, 0.15) is 24.1 Å². The van der Waals surface area contributed by atoms with Crippen molar-refractivity contribution in [3.63, 3.8) is 0 Å². The SMILES string of the molecule is Cc1ccc2nc(NC(C)c3ccccc3)nn2c1. The quantitative estimate of drug-likeness (QED) is 0.778. The monoisotopic (exact) mass is 252 g/mol. The molecule has 1 unspecified atom stereocenters. The van der Waals surface area contributed by atoms with Gasteiger partial charge < -0.3 is 5.32 Å². The Balaban J connectivity index is 1.85. The van der Waals surface area contributed by atoms with Gasteiger partial charge in [-0.1, -0.05) is 36.4 Å². The van der Waals surface area contributed by atoms with Crippen molar-refractivity contribution in [1.29, 1.82) is 0 Å². The molecule has 2 aromatic heterocycles. The summed E-state index contributed by atoms with van der Waals surface area (Å²) in [6.45, 7) is 4.15. The number of aryl methyl sites for hydroxylation is 1. The second-order valence-corrected chi connectivity index (χ2v) is 4.72. The van der Waals surface area contributed by atoms with E-state index in [0.29, 0.717) is 5.95 Å². The molecule has 1 atom stereocenters. The first-order chi connectivity index (χ1) is 9.22. The number of hydrogen-bond acceptors (Lipinski definition) is 3. The Morgan fingerprint density at radius 3 is 2.68 bits per heavy atom. The Labute approximate surface area is 112 Å². The molecular formula is C15H16N4. The molecule has 19 heavy (non-hydrogen) atoms. The fraction of sp³-hybridized carbons (Fsp3) is 0.200. The van der Waals surface area contributed by atoms with Gasteiger partial charge in [0.05, 0.1) is 6.04 Å². The molecule has 3 aromatic rings. The summed E-state index contributed by atoms with van der Waals surface area (Å²) in [7, 11) is 0. The first kappa shape index (κ1) is 11.7. The second-order valence-electron chi connectivity index (χ2n) is 4.72. The molecule has 1 N–H and O–H groups in total. The summed E-state index contributed by atoms with van der Waals surface area (Å²) in [5.41, 5.74) is 3.24. The Morgan fingerprint density at radius 2 is 1.89 bits per heavy atom. The molecule has 0 saturated heterocycles. The smallest absolute Gasteiger partial charge is 0.243 e. The molecular weight excluding hydrogens is 236 g/mol. The highest BCUT2D eigenvalue weighted by atomic mass is 15.3. The van der Waals surface area contributed by atoms with E-state index in [4.69, 9.17) is 0 Å². The van der Waals surface area contributed by atoms with Crippen molar-refractivity contribution in [2.75, 3.05) is 5.32 Å². The maximum atomic E-state index is 4.46. The lowest BCUT2D eigenvalue weighted by Gasteiger charge is -2.11. The summed E-state index contributed by atoms with van der Waals surface area (Å²) >= 11 is 0. The zero-order valence-corrected chi connectivity index (χ0v) is 11.0. The molecule has 4 nitrogen and oxygen atoms in total. The molecule has 0 aliphatic heterocycles. The zero-order chi connectivity index (χ0) is 13.2. The van der Waals surface area contributed by atoms with Crippen LogP contribution in [0.5, 0.6) is 0 Å². The molecule has 4 heteroatoms.